The van der Waals surface area contributed by atoms with Gasteiger partial charge in [0.25, 0.3) is 5.91 Å². The van der Waals surface area contributed by atoms with E-state index in [-0.39, 0.29) is 25.2 Å². The Morgan fingerprint density at radius 2 is 2.00 bits per heavy atom. The second-order valence-corrected chi connectivity index (χ2v) is 4.44. The summed E-state index contributed by atoms with van der Waals surface area (Å²) in [5.41, 5.74) is 5.21. The fraction of sp³-hybridized carbons (Fsp3) is 0.308. The molecule has 0 saturated heterocycles. The first-order valence-electron chi connectivity index (χ1n) is 6.19. The smallest absolute Gasteiger partial charge is 0.326 e. The van der Waals surface area contributed by atoms with Gasteiger partial charge in [0.1, 0.15) is 6.04 Å². The van der Waals surface area contributed by atoms with Gasteiger partial charge in [-0.1, -0.05) is 0 Å². The fourth-order valence-electron chi connectivity index (χ4n) is 1.82. The van der Waals surface area contributed by atoms with Gasteiger partial charge >= 0.3 is 5.97 Å². The maximum atomic E-state index is 12.0. The van der Waals surface area contributed by atoms with Crippen molar-refractivity contribution >= 4 is 17.8 Å². The summed E-state index contributed by atoms with van der Waals surface area (Å²) in [5, 5.41) is 11.4. The Balaban J connectivity index is 2.04. The molecule has 1 aromatic carbocycles. The van der Waals surface area contributed by atoms with Crippen LogP contribution in [0.25, 0.3) is 0 Å². The molecule has 8 nitrogen and oxygen atoms in total. The Morgan fingerprint density at radius 3 is 2.67 bits per heavy atom. The van der Waals surface area contributed by atoms with E-state index in [9.17, 15) is 14.4 Å². The van der Waals surface area contributed by atoms with Gasteiger partial charge in [-0.15, -0.1) is 0 Å². The number of hydrogen-bond donors (Lipinski definition) is 3. The average molecular weight is 294 g/mol. The summed E-state index contributed by atoms with van der Waals surface area (Å²) in [6, 6.07) is 3.34. The number of rotatable bonds is 6. The number of fused-ring (bicyclic) bond motifs is 1. The second kappa shape index (κ2) is 6.12. The molecule has 0 bridgehead atoms. The average Bonchev–Trinajstić information content (AvgIpc) is 2.89. The SMILES string of the molecule is NC(=O)CC[C@H](NC(=O)c1ccc2c(c1)OCO2)C(=O)O. The van der Waals surface area contributed by atoms with Crippen molar-refractivity contribution in [2.75, 3.05) is 6.79 Å². The van der Waals surface area contributed by atoms with Gasteiger partial charge in [-0.05, 0) is 24.6 Å². The van der Waals surface area contributed by atoms with Crippen molar-refractivity contribution in [1.29, 1.82) is 0 Å². The molecule has 8 heteroatoms. The first-order chi connectivity index (χ1) is 9.97. The fourth-order valence-corrected chi connectivity index (χ4v) is 1.82. The normalized spacial score (nSPS) is 13.5. The van der Waals surface area contributed by atoms with Crippen LogP contribution in [-0.2, 0) is 9.59 Å². The molecule has 2 amide bonds. The van der Waals surface area contributed by atoms with E-state index >= 15 is 0 Å². The molecule has 21 heavy (non-hydrogen) atoms. The van der Waals surface area contributed by atoms with Crippen LogP contribution in [0.2, 0.25) is 0 Å². The van der Waals surface area contributed by atoms with Crippen molar-refractivity contribution in [3.05, 3.63) is 23.8 Å². The standard InChI is InChI=1S/C13H14N2O6/c14-11(16)4-2-8(13(18)19)15-12(17)7-1-3-9-10(5-7)21-6-20-9/h1,3,5,8H,2,4,6H2,(H2,14,16)(H,15,17)(H,18,19)/t8-/m0/s1. The Bertz CT molecular complexity index is 586. The predicted octanol–water partition coefficient (Wildman–Crippen LogP) is -0.136. The highest BCUT2D eigenvalue weighted by Crippen LogP contribution is 2.32. The van der Waals surface area contributed by atoms with Crippen molar-refractivity contribution in [2.45, 2.75) is 18.9 Å². The molecule has 2 rings (SSSR count). The minimum Gasteiger partial charge on any atom is -0.480 e. The van der Waals surface area contributed by atoms with Gasteiger partial charge in [0.05, 0.1) is 0 Å². The maximum absolute atomic E-state index is 12.0. The number of ether oxygens (including phenoxy) is 2. The van der Waals surface area contributed by atoms with Crippen molar-refractivity contribution in [2.24, 2.45) is 5.73 Å². The predicted molar refractivity (Wildman–Crippen MR) is 69.9 cm³/mol. The Morgan fingerprint density at radius 1 is 1.29 bits per heavy atom. The third kappa shape index (κ3) is 3.62. The molecule has 1 atom stereocenters. The number of nitrogens with two attached hydrogens (primary N) is 1. The van der Waals surface area contributed by atoms with E-state index in [1.807, 2.05) is 0 Å². The van der Waals surface area contributed by atoms with E-state index < -0.39 is 23.8 Å². The van der Waals surface area contributed by atoms with Crippen LogP contribution in [0, 0.1) is 0 Å². The number of nitrogens with one attached hydrogen (secondary N) is 1. The van der Waals surface area contributed by atoms with Crippen molar-refractivity contribution < 1.29 is 29.0 Å². The summed E-state index contributed by atoms with van der Waals surface area (Å²) >= 11 is 0. The van der Waals surface area contributed by atoms with E-state index in [1.54, 1.807) is 6.07 Å². The molecule has 0 unspecified atom stereocenters. The Kier molecular flexibility index (Phi) is 4.27. The number of hydrogen-bond acceptors (Lipinski definition) is 5. The summed E-state index contributed by atoms with van der Waals surface area (Å²) in [5.74, 6) is -1.49. The molecule has 1 aliphatic rings. The first-order valence-corrected chi connectivity index (χ1v) is 6.19. The molecule has 1 heterocycles. The van der Waals surface area contributed by atoms with Crippen LogP contribution in [0.4, 0.5) is 0 Å². The van der Waals surface area contributed by atoms with Gasteiger partial charge < -0.3 is 25.6 Å². The Hall–Kier alpha value is -2.77. The van der Waals surface area contributed by atoms with Crippen molar-refractivity contribution in [1.82, 2.24) is 5.32 Å². The number of carboxylic acid groups (broad SMARTS) is 1. The number of carbonyl (C=O) groups is 3. The van der Waals surface area contributed by atoms with Gasteiger partial charge in [0, 0.05) is 12.0 Å². The molecular weight excluding hydrogens is 280 g/mol. The summed E-state index contributed by atoms with van der Waals surface area (Å²) in [6.07, 6.45) is -0.195. The number of amides is 2. The van der Waals surface area contributed by atoms with Crippen LogP contribution >= 0.6 is 0 Å². The Labute approximate surface area is 119 Å². The van der Waals surface area contributed by atoms with Gasteiger partial charge in [0.2, 0.25) is 12.7 Å². The quantitative estimate of drug-likeness (QED) is 0.670. The number of benzene rings is 1. The lowest BCUT2D eigenvalue weighted by atomic mass is 10.1. The van der Waals surface area contributed by atoms with Gasteiger partial charge in [-0.25, -0.2) is 4.79 Å². The van der Waals surface area contributed by atoms with Crippen LogP contribution in [0.1, 0.15) is 23.2 Å². The molecule has 0 aliphatic carbocycles. The summed E-state index contributed by atoms with van der Waals surface area (Å²) in [4.78, 5) is 33.8. The molecular formula is C13H14N2O6. The summed E-state index contributed by atoms with van der Waals surface area (Å²) in [6.45, 7) is 0.0801. The molecule has 4 N–H and O–H groups in total. The number of aliphatic carboxylic acids is 1. The van der Waals surface area contributed by atoms with E-state index in [2.05, 4.69) is 5.32 Å². The van der Waals surface area contributed by atoms with Gasteiger partial charge in [-0.2, -0.15) is 0 Å². The zero-order valence-corrected chi connectivity index (χ0v) is 11.0. The third-order valence-electron chi connectivity index (χ3n) is 2.92. The molecule has 0 radical (unpaired) electrons. The zero-order valence-electron chi connectivity index (χ0n) is 11.0. The maximum Gasteiger partial charge on any atom is 0.326 e. The molecule has 1 aromatic rings. The summed E-state index contributed by atoms with van der Waals surface area (Å²) in [7, 11) is 0. The lowest BCUT2D eigenvalue weighted by Gasteiger charge is -2.13. The van der Waals surface area contributed by atoms with Crippen LogP contribution in [0.15, 0.2) is 18.2 Å². The summed E-state index contributed by atoms with van der Waals surface area (Å²) < 4.78 is 10.3. The molecule has 112 valence electrons. The number of carboxylic acids is 1. The highest BCUT2D eigenvalue weighted by molar-refractivity contribution is 5.97. The zero-order chi connectivity index (χ0) is 15.4. The minimum absolute atomic E-state index is 0.0685. The van der Waals surface area contributed by atoms with E-state index in [4.69, 9.17) is 20.3 Å². The molecule has 0 aromatic heterocycles. The lowest BCUT2D eigenvalue weighted by Crippen LogP contribution is -2.41. The third-order valence-corrected chi connectivity index (χ3v) is 2.92. The lowest BCUT2D eigenvalue weighted by molar-refractivity contribution is -0.139. The second-order valence-electron chi connectivity index (χ2n) is 4.44. The largest absolute Gasteiger partial charge is 0.480 e. The molecule has 1 aliphatic heterocycles. The minimum atomic E-state index is -1.23. The molecule has 0 saturated carbocycles. The van der Waals surface area contributed by atoms with Crippen LogP contribution < -0.4 is 20.5 Å². The van der Waals surface area contributed by atoms with Crippen LogP contribution in [0.3, 0.4) is 0 Å². The van der Waals surface area contributed by atoms with Crippen LogP contribution in [-0.4, -0.2) is 35.7 Å². The molecule has 0 fully saturated rings. The number of primary amides is 1. The van der Waals surface area contributed by atoms with Gasteiger partial charge in [0.15, 0.2) is 11.5 Å². The van der Waals surface area contributed by atoms with Gasteiger partial charge in [-0.3, -0.25) is 9.59 Å². The highest BCUT2D eigenvalue weighted by atomic mass is 16.7. The van der Waals surface area contributed by atoms with E-state index in [0.717, 1.165) is 0 Å². The molecule has 0 spiro atoms. The topological polar surface area (TPSA) is 128 Å². The highest BCUT2D eigenvalue weighted by Gasteiger charge is 2.22. The van der Waals surface area contributed by atoms with E-state index in [0.29, 0.717) is 11.5 Å². The van der Waals surface area contributed by atoms with Crippen molar-refractivity contribution in [3.8, 4) is 11.5 Å². The van der Waals surface area contributed by atoms with Crippen molar-refractivity contribution in [3.63, 3.8) is 0 Å². The number of carbonyl (C=O) groups excluding carboxylic acids is 2. The first kappa shape index (κ1) is 14.6. The van der Waals surface area contributed by atoms with E-state index in [1.165, 1.54) is 12.1 Å². The van der Waals surface area contributed by atoms with Crippen LogP contribution in [0.5, 0.6) is 11.5 Å². The monoisotopic (exact) mass is 294 g/mol.